The van der Waals surface area contributed by atoms with Crippen LogP contribution in [0, 0.1) is 0 Å². The minimum atomic E-state index is -4.44. The number of benzene rings is 1. The Morgan fingerprint density at radius 3 is 2.47 bits per heavy atom. The number of halogens is 3. The summed E-state index contributed by atoms with van der Waals surface area (Å²) in [6.07, 6.45) is -1.48. The van der Waals surface area contributed by atoms with Crippen LogP contribution < -0.4 is 4.74 Å². The van der Waals surface area contributed by atoms with Gasteiger partial charge in [-0.2, -0.15) is 18.3 Å². The molecule has 0 saturated heterocycles. The average molecular weight is 270 g/mol. The van der Waals surface area contributed by atoms with Gasteiger partial charge in [-0.25, -0.2) is 0 Å². The predicted octanol–water partition coefficient (Wildman–Crippen LogP) is 4.28. The van der Waals surface area contributed by atoms with Gasteiger partial charge in [-0.05, 0) is 26.0 Å². The van der Waals surface area contributed by atoms with Crippen LogP contribution >= 0.6 is 0 Å². The van der Waals surface area contributed by atoms with Crippen LogP contribution in [0.25, 0.3) is 0 Å². The summed E-state index contributed by atoms with van der Waals surface area (Å²) in [6, 6.07) is 5.22. The van der Waals surface area contributed by atoms with Gasteiger partial charge in [0, 0.05) is 6.04 Å². The molecule has 0 radical (unpaired) electrons. The molecule has 3 nitrogen and oxygen atoms in total. The van der Waals surface area contributed by atoms with Gasteiger partial charge in [-0.3, -0.25) is 4.68 Å². The molecule has 6 heteroatoms. The lowest BCUT2D eigenvalue weighted by molar-refractivity contribution is -0.138. The van der Waals surface area contributed by atoms with E-state index < -0.39 is 11.7 Å². The van der Waals surface area contributed by atoms with Crippen LogP contribution in [0.15, 0.2) is 36.7 Å². The Bertz CT molecular complexity index is 561. The molecule has 2 rings (SSSR count). The van der Waals surface area contributed by atoms with Crippen LogP contribution in [-0.2, 0) is 6.18 Å². The van der Waals surface area contributed by atoms with Gasteiger partial charge in [0.15, 0.2) is 5.75 Å². The zero-order valence-corrected chi connectivity index (χ0v) is 10.5. The molecule has 0 amide bonds. The Kier molecular flexibility index (Phi) is 3.50. The fourth-order valence-electron chi connectivity index (χ4n) is 1.57. The highest BCUT2D eigenvalue weighted by atomic mass is 19.4. The van der Waals surface area contributed by atoms with E-state index in [4.69, 9.17) is 4.74 Å². The van der Waals surface area contributed by atoms with Crippen LogP contribution in [-0.4, -0.2) is 9.78 Å². The summed E-state index contributed by atoms with van der Waals surface area (Å²) < 4.78 is 45.2. The van der Waals surface area contributed by atoms with E-state index in [-0.39, 0.29) is 17.5 Å². The highest BCUT2D eigenvalue weighted by Crippen LogP contribution is 2.37. The quantitative estimate of drug-likeness (QED) is 0.832. The lowest BCUT2D eigenvalue weighted by Crippen LogP contribution is -2.06. The zero-order valence-electron chi connectivity index (χ0n) is 10.5. The molecule has 2 aromatic rings. The molecule has 1 aromatic carbocycles. The standard InChI is InChI=1S/C13H13F3N2O/c1-9(2)18-8-10(7-17-18)19-12-6-4-3-5-11(12)13(14,15)16/h3-9H,1-2H3. The van der Waals surface area contributed by atoms with Gasteiger partial charge in [0.2, 0.25) is 0 Å². The van der Waals surface area contributed by atoms with Gasteiger partial charge in [0.05, 0.1) is 18.0 Å². The Morgan fingerprint density at radius 2 is 1.89 bits per heavy atom. The number of para-hydroxylation sites is 1. The van der Waals surface area contributed by atoms with Crippen molar-refractivity contribution >= 4 is 0 Å². The van der Waals surface area contributed by atoms with Crippen LogP contribution in [0.1, 0.15) is 25.5 Å². The number of ether oxygens (including phenoxy) is 1. The second-order valence-corrected chi connectivity index (χ2v) is 4.35. The number of hydrogen-bond acceptors (Lipinski definition) is 2. The first-order valence-corrected chi connectivity index (χ1v) is 5.76. The highest BCUT2D eigenvalue weighted by molar-refractivity contribution is 5.38. The minimum Gasteiger partial charge on any atom is -0.453 e. The summed E-state index contributed by atoms with van der Waals surface area (Å²) in [7, 11) is 0. The molecular formula is C13H13F3N2O. The topological polar surface area (TPSA) is 27.1 Å². The molecule has 0 atom stereocenters. The summed E-state index contributed by atoms with van der Waals surface area (Å²) in [5.41, 5.74) is -0.799. The molecule has 19 heavy (non-hydrogen) atoms. The Labute approximate surface area is 108 Å². The van der Waals surface area contributed by atoms with Crippen molar-refractivity contribution in [3.8, 4) is 11.5 Å². The average Bonchev–Trinajstić information content (AvgIpc) is 2.77. The van der Waals surface area contributed by atoms with Gasteiger partial charge in [-0.15, -0.1) is 0 Å². The summed E-state index contributed by atoms with van der Waals surface area (Å²) in [6.45, 7) is 3.83. The minimum absolute atomic E-state index is 0.121. The monoisotopic (exact) mass is 270 g/mol. The van der Waals surface area contributed by atoms with E-state index in [1.807, 2.05) is 13.8 Å². The van der Waals surface area contributed by atoms with Crippen molar-refractivity contribution in [3.05, 3.63) is 42.2 Å². The predicted molar refractivity (Wildman–Crippen MR) is 64.1 cm³/mol. The fourth-order valence-corrected chi connectivity index (χ4v) is 1.57. The molecular weight excluding hydrogens is 257 g/mol. The number of hydrogen-bond donors (Lipinski definition) is 0. The van der Waals surface area contributed by atoms with Crippen LogP contribution in [0.5, 0.6) is 11.5 Å². The summed E-state index contributed by atoms with van der Waals surface area (Å²) in [5.74, 6) is 0.0590. The van der Waals surface area contributed by atoms with Gasteiger partial charge in [0.25, 0.3) is 0 Å². The maximum Gasteiger partial charge on any atom is 0.419 e. The molecule has 1 aromatic heterocycles. The van der Waals surface area contributed by atoms with Crippen molar-refractivity contribution in [2.45, 2.75) is 26.1 Å². The third-order valence-corrected chi connectivity index (χ3v) is 2.53. The first-order chi connectivity index (χ1) is 8.88. The molecule has 0 N–H and O–H groups in total. The molecule has 0 fully saturated rings. The maximum absolute atomic E-state index is 12.8. The van der Waals surface area contributed by atoms with E-state index in [0.717, 1.165) is 6.07 Å². The van der Waals surface area contributed by atoms with E-state index in [1.165, 1.54) is 24.4 Å². The first-order valence-electron chi connectivity index (χ1n) is 5.76. The third-order valence-electron chi connectivity index (χ3n) is 2.53. The molecule has 0 unspecified atom stereocenters. The second-order valence-electron chi connectivity index (χ2n) is 4.35. The number of alkyl halides is 3. The van der Waals surface area contributed by atoms with Crippen molar-refractivity contribution < 1.29 is 17.9 Å². The number of aromatic nitrogens is 2. The fraction of sp³-hybridized carbons (Fsp3) is 0.308. The Balaban J connectivity index is 2.28. The van der Waals surface area contributed by atoms with Crippen LogP contribution in [0.3, 0.4) is 0 Å². The third kappa shape index (κ3) is 3.07. The largest absolute Gasteiger partial charge is 0.453 e. The maximum atomic E-state index is 12.8. The van der Waals surface area contributed by atoms with Crippen molar-refractivity contribution in [1.82, 2.24) is 9.78 Å². The molecule has 0 bridgehead atoms. The smallest absolute Gasteiger partial charge is 0.419 e. The lowest BCUT2D eigenvalue weighted by atomic mass is 10.2. The van der Waals surface area contributed by atoms with E-state index >= 15 is 0 Å². The summed E-state index contributed by atoms with van der Waals surface area (Å²) in [4.78, 5) is 0. The second kappa shape index (κ2) is 4.95. The molecule has 0 spiro atoms. The first kappa shape index (κ1) is 13.5. The molecule has 0 aliphatic rings. The number of rotatable bonds is 3. The molecule has 102 valence electrons. The van der Waals surface area contributed by atoms with Crippen LogP contribution in [0.2, 0.25) is 0 Å². The zero-order chi connectivity index (χ0) is 14.0. The van der Waals surface area contributed by atoms with Crippen molar-refractivity contribution in [2.24, 2.45) is 0 Å². The van der Waals surface area contributed by atoms with Gasteiger partial charge < -0.3 is 4.74 Å². The van der Waals surface area contributed by atoms with E-state index in [9.17, 15) is 13.2 Å². The van der Waals surface area contributed by atoms with E-state index in [0.29, 0.717) is 0 Å². The van der Waals surface area contributed by atoms with Crippen LogP contribution in [0.4, 0.5) is 13.2 Å². The van der Waals surface area contributed by atoms with E-state index in [1.54, 1.807) is 10.9 Å². The summed E-state index contributed by atoms with van der Waals surface area (Å²) in [5, 5.41) is 4.01. The molecule has 0 saturated carbocycles. The lowest BCUT2D eigenvalue weighted by Gasteiger charge is -2.12. The van der Waals surface area contributed by atoms with Gasteiger partial charge in [0.1, 0.15) is 5.75 Å². The van der Waals surface area contributed by atoms with Gasteiger partial charge >= 0.3 is 6.18 Å². The Hall–Kier alpha value is -1.98. The highest BCUT2D eigenvalue weighted by Gasteiger charge is 2.34. The normalized spacial score (nSPS) is 11.9. The molecule has 0 aliphatic carbocycles. The summed E-state index contributed by atoms with van der Waals surface area (Å²) >= 11 is 0. The van der Waals surface area contributed by atoms with Crippen molar-refractivity contribution in [1.29, 1.82) is 0 Å². The van der Waals surface area contributed by atoms with Crippen molar-refractivity contribution in [3.63, 3.8) is 0 Å². The SMILES string of the molecule is CC(C)n1cc(Oc2ccccc2C(F)(F)F)cn1. The molecule has 0 aliphatic heterocycles. The van der Waals surface area contributed by atoms with Gasteiger partial charge in [-0.1, -0.05) is 12.1 Å². The van der Waals surface area contributed by atoms with E-state index in [2.05, 4.69) is 5.10 Å². The molecule has 1 heterocycles. The van der Waals surface area contributed by atoms with Crippen molar-refractivity contribution in [2.75, 3.05) is 0 Å². The number of nitrogens with zero attached hydrogens (tertiary/aromatic N) is 2. The Morgan fingerprint density at radius 1 is 1.21 bits per heavy atom.